The summed E-state index contributed by atoms with van der Waals surface area (Å²) in [5.74, 6) is 1.77. The summed E-state index contributed by atoms with van der Waals surface area (Å²) in [6, 6.07) is 0. The van der Waals surface area contributed by atoms with Gasteiger partial charge in [-0.2, -0.15) is 0 Å². The van der Waals surface area contributed by atoms with E-state index in [1.807, 2.05) is 26.0 Å². The minimum absolute atomic E-state index is 0.312. The van der Waals surface area contributed by atoms with Crippen LogP contribution in [0.2, 0.25) is 0 Å². The van der Waals surface area contributed by atoms with Crippen LogP contribution in [-0.2, 0) is 0 Å². The molecule has 3 nitrogen and oxygen atoms in total. The molecule has 0 unspecified atom stereocenters. The summed E-state index contributed by atoms with van der Waals surface area (Å²) in [7, 11) is 0. The highest BCUT2D eigenvalue weighted by molar-refractivity contribution is 5.38. The highest BCUT2D eigenvalue weighted by Gasteiger charge is 2.50. The molecule has 3 heteroatoms. The van der Waals surface area contributed by atoms with Gasteiger partial charge in [0.2, 0.25) is 0 Å². The highest BCUT2D eigenvalue weighted by Crippen LogP contribution is 2.59. The second kappa shape index (κ2) is 10.9. The van der Waals surface area contributed by atoms with Crippen LogP contribution in [-0.4, -0.2) is 33.1 Å². The Morgan fingerprint density at radius 2 is 1.88 bits per heavy atom. The van der Waals surface area contributed by atoms with E-state index in [9.17, 15) is 15.3 Å². The van der Waals surface area contributed by atoms with Gasteiger partial charge >= 0.3 is 0 Å². The van der Waals surface area contributed by atoms with Gasteiger partial charge in [0.15, 0.2) is 0 Å². The smallest absolute Gasteiger partial charge is 0.0825 e. The number of fused-ring (bicyclic) bond motifs is 1. The van der Waals surface area contributed by atoms with Crippen LogP contribution >= 0.6 is 0 Å². The Morgan fingerprint density at radius 3 is 2.58 bits per heavy atom. The van der Waals surface area contributed by atoms with Crippen LogP contribution in [0.1, 0.15) is 85.5 Å². The Kier molecular flexibility index (Phi) is 8.64. The summed E-state index contributed by atoms with van der Waals surface area (Å²) in [5, 5.41) is 30.7. The number of rotatable bonds is 7. The van der Waals surface area contributed by atoms with Gasteiger partial charge in [0.25, 0.3) is 0 Å². The number of hydrogen-bond donors (Lipinski definition) is 3. The Bertz CT molecular complexity index is 812. The molecule has 0 amide bonds. The fraction of sp³-hybridized carbons (Fsp3) is 0.667. The molecule has 3 aliphatic carbocycles. The van der Waals surface area contributed by atoms with Crippen LogP contribution in [0.25, 0.3) is 0 Å². The van der Waals surface area contributed by atoms with Crippen LogP contribution < -0.4 is 0 Å². The van der Waals surface area contributed by atoms with Crippen LogP contribution in [0.5, 0.6) is 0 Å². The lowest BCUT2D eigenvalue weighted by Gasteiger charge is -2.44. The fourth-order valence-electron chi connectivity index (χ4n) is 6.70. The summed E-state index contributed by atoms with van der Waals surface area (Å²) < 4.78 is 0. The van der Waals surface area contributed by atoms with E-state index in [0.29, 0.717) is 36.0 Å². The molecule has 0 heterocycles. The lowest BCUT2D eigenvalue weighted by molar-refractivity contribution is 0.0827. The zero-order valence-corrected chi connectivity index (χ0v) is 21.3. The molecule has 0 aromatic carbocycles. The van der Waals surface area contributed by atoms with Gasteiger partial charge in [0, 0.05) is 6.42 Å². The Hall–Kier alpha value is -1.42. The lowest BCUT2D eigenvalue weighted by Crippen LogP contribution is -2.35. The van der Waals surface area contributed by atoms with Crippen LogP contribution in [0, 0.1) is 23.2 Å². The van der Waals surface area contributed by atoms with Crippen LogP contribution in [0.4, 0.5) is 0 Å². The first kappa shape index (κ1) is 26.2. The third-order valence-corrected chi connectivity index (χ3v) is 9.09. The molecule has 3 N–H and O–H groups in total. The minimum atomic E-state index is -0.689. The standard InChI is InChI=1S/C30H46O3/c1-6-30(33,7-2)18-9-8-11-21(3)26-15-16-27-23(12-10-17-29(26,27)5)13-14-24-19-25(31)20-28(32)22(24)4/h8-9,11,13-14,18,21,25-28,31-33H,4,6-7,10,12,15-17,19-20H2,1-3,5H3/b11-8+,18-9+,23-13+,24-14+/t21-,25-,26-,27+,28+,29-/m1/s1. The molecule has 0 aromatic rings. The summed E-state index contributed by atoms with van der Waals surface area (Å²) >= 11 is 0. The van der Waals surface area contributed by atoms with Gasteiger partial charge in [0.1, 0.15) is 0 Å². The quantitative estimate of drug-likeness (QED) is 0.389. The maximum absolute atomic E-state index is 10.5. The summed E-state index contributed by atoms with van der Waals surface area (Å²) in [4.78, 5) is 0. The van der Waals surface area contributed by atoms with E-state index in [1.165, 1.54) is 31.3 Å². The average molecular weight is 455 g/mol. The van der Waals surface area contributed by atoms with Gasteiger partial charge in [0.05, 0.1) is 17.8 Å². The molecule has 33 heavy (non-hydrogen) atoms. The second-order valence-electron chi connectivity index (χ2n) is 11.1. The fourth-order valence-corrected chi connectivity index (χ4v) is 6.70. The molecule has 3 rings (SSSR count). The molecular formula is C30H46O3. The van der Waals surface area contributed by atoms with E-state index in [1.54, 1.807) is 0 Å². The zero-order valence-electron chi connectivity index (χ0n) is 21.3. The number of aliphatic hydroxyl groups excluding tert-OH is 2. The van der Waals surface area contributed by atoms with Crippen molar-refractivity contribution in [2.24, 2.45) is 23.2 Å². The molecule has 0 aromatic heterocycles. The molecule has 0 aliphatic heterocycles. The van der Waals surface area contributed by atoms with Crippen molar-refractivity contribution in [3.63, 3.8) is 0 Å². The molecule has 6 atom stereocenters. The maximum atomic E-state index is 10.5. The number of hydrogen-bond acceptors (Lipinski definition) is 3. The summed E-state index contributed by atoms with van der Waals surface area (Å²) in [6.07, 6.45) is 20.3. The van der Waals surface area contributed by atoms with E-state index < -0.39 is 17.8 Å². The minimum Gasteiger partial charge on any atom is -0.393 e. The predicted molar refractivity (Wildman–Crippen MR) is 138 cm³/mol. The van der Waals surface area contributed by atoms with Gasteiger partial charge in [-0.3, -0.25) is 0 Å². The normalized spacial score (nSPS) is 36.9. The van der Waals surface area contributed by atoms with Crippen molar-refractivity contribution in [3.8, 4) is 0 Å². The molecule has 3 aliphatic rings. The summed E-state index contributed by atoms with van der Waals surface area (Å²) in [6.45, 7) is 13.0. The van der Waals surface area contributed by atoms with Crippen molar-refractivity contribution in [3.05, 3.63) is 59.8 Å². The number of allylic oxidation sites excluding steroid dienone is 6. The summed E-state index contributed by atoms with van der Waals surface area (Å²) in [5.41, 5.74) is 2.92. The topological polar surface area (TPSA) is 60.7 Å². The van der Waals surface area contributed by atoms with Crippen LogP contribution in [0.15, 0.2) is 59.8 Å². The second-order valence-corrected chi connectivity index (χ2v) is 11.1. The van der Waals surface area contributed by atoms with Gasteiger partial charge in [-0.15, -0.1) is 0 Å². The van der Waals surface area contributed by atoms with Crippen molar-refractivity contribution in [1.29, 1.82) is 0 Å². The van der Waals surface area contributed by atoms with E-state index in [-0.39, 0.29) is 0 Å². The average Bonchev–Trinajstić information content (AvgIpc) is 3.15. The Morgan fingerprint density at radius 1 is 1.15 bits per heavy atom. The number of aliphatic hydroxyl groups is 3. The van der Waals surface area contributed by atoms with Gasteiger partial charge in [-0.05, 0) is 85.7 Å². The predicted octanol–water partition coefficient (Wildman–Crippen LogP) is 6.43. The largest absolute Gasteiger partial charge is 0.393 e. The zero-order chi connectivity index (χ0) is 24.2. The van der Waals surface area contributed by atoms with Gasteiger partial charge in [-0.1, -0.05) is 76.3 Å². The van der Waals surface area contributed by atoms with Crippen molar-refractivity contribution in [2.45, 2.75) is 103 Å². The third-order valence-electron chi connectivity index (χ3n) is 9.09. The molecule has 3 fully saturated rings. The molecule has 0 saturated heterocycles. The van der Waals surface area contributed by atoms with Gasteiger partial charge in [-0.25, -0.2) is 0 Å². The molecule has 3 saturated carbocycles. The van der Waals surface area contributed by atoms with Gasteiger partial charge < -0.3 is 15.3 Å². The van der Waals surface area contributed by atoms with E-state index >= 15 is 0 Å². The maximum Gasteiger partial charge on any atom is 0.0825 e. The SMILES string of the molecule is C=C1/C(=C/C=C2\CCC[C@]3(C)[C@@H]([C@H](C)/C=C/C=C/C(O)(CC)CC)CC[C@@H]23)C[C@@H](O)C[C@@H]1O. The molecular weight excluding hydrogens is 408 g/mol. The third kappa shape index (κ3) is 5.81. The van der Waals surface area contributed by atoms with Crippen molar-refractivity contribution in [1.82, 2.24) is 0 Å². The Labute approximate surface area is 201 Å². The molecule has 0 radical (unpaired) electrons. The van der Waals surface area contributed by atoms with Crippen molar-refractivity contribution >= 4 is 0 Å². The van der Waals surface area contributed by atoms with E-state index in [0.717, 1.165) is 30.4 Å². The Balaban J connectivity index is 1.72. The first-order valence-corrected chi connectivity index (χ1v) is 13.2. The van der Waals surface area contributed by atoms with E-state index in [2.05, 4.69) is 44.7 Å². The first-order valence-electron chi connectivity index (χ1n) is 13.2. The molecule has 0 bridgehead atoms. The van der Waals surface area contributed by atoms with Crippen LogP contribution in [0.3, 0.4) is 0 Å². The molecule has 184 valence electrons. The van der Waals surface area contributed by atoms with Crippen molar-refractivity contribution < 1.29 is 15.3 Å². The highest BCUT2D eigenvalue weighted by atomic mass is 16.3. The van der Waals surface area contributed by atoms with E-state index in [4.69, 9.17) is 0 Å². The van der Waals surface area contributed by atoms with Crippen molar-refractivity contribution in [2.75, 3.05) is 0 Å². The molecule has 0 spiro atoms. The first-order chi connectivity index (χ1) is 15.6. The monoisotopic (exact) mass is 454 g/mol. The lowest BCUT2D eigenvalue weighted by atomic mass is 9.61.